The Bertz CT molecular complexity index is 1400. The number of fused-ring (bicyclic) bond motifs is 1. The lowest BCUT2D eigenvalue weighted by Crippen LogP contribution is -2.22. The molecule has 0 aliphatic heterocycles. The predicted molar refractivity (Wildman–Crippen MR) is 122 cm³/mol. The molecule has 0 atom stereocenters. The molecule has 0 aliphatic rings. The maximum Gasteiger partial charge on any atom is 0.269 e. The van der Waals surface area contributed by atoms with Crippen molar-refractivity contribution in [3.63, 3.8) is 0 Å². The number of hydrogen-bond acceptors (Lipinski definition) is 3. The molecule has 0 N–H and O–H groups in total. The highest BCUT2D eigenvalue weighted by Gasteiger charge is 2.18. The summed E-state index contributed by atoms with van der Waals surface area (Å²) in [5, 5.41) is 4.93. The summed E-state index contributed by atoms with van der Waals surface area (Å²) < 4.78 is 4.30. The van der Waals surface area contributed by atoms with E-state index in [2.05, 4.69) is 21.0 Å². The highest BCUT2D eigenvalue weighted by Crippen LogP contribution is 2.24. The van der Waals surface area contributed by atoms with E-state index >= 15 is 0 Å². The van der Waals surface area contributed by atoms with Gasteiger partial charge in [-0.1, -0.05) is 64.0 Å². The number of nitrogens with zero attached hydrogens (tertiary/aromatic N) is 4. The van der Waals surface area contributed by atoms with Crippen LogP contribution in [0.15, 0.2) is 94.3 Å². The van der Waals surface area contributed by atoms with E-state index < -0.39 is 0 Å². The molecule has 0 unspecified atom stereocenters. The summed E-state index contributed by atoms with van der Waals surface area (Å²) in [6.07, 6.45) is 1.59. The zero-order chi connectivity index (χ0) is 20.7. The molecule has 30 heavy (non-hydrogen) atoms. The summed E-state index contributed by atoms with van der Waals surface area (Å²) in [5.74, 6) is 0.576. The topological polar surface area (TPSA) is 52.7 Å². The molecular weight excluding hydrogens is 440 g/mol. The van der Waals surface area contributed by atoms with Gasteiger partial charge in [0.25, 0.3) is 5.56 Å². The van der Waals surface area contributed by atoms with E-state index in [9.17, 15) is 4.79 Å². The Morgan fingerprint density at radius 2 is 1.53 bits per heavy atom. The standard InChI is InChI=1S/C24H17BrN4O/c1-16-7-9-17(10-8-16)22-27-23-21(15-26-29(23)20-5-3-2-4-6-20)24(30)28(22)19-13-11-18(25)12-14-19/h2-15H,1H3. The summed E-state index contributed by atoms with van der Waals surface area (Å²) in [5.41, 5.74) is 4.00. The molecule has 6 heteroatoms. The first kappa shape index (κ1) is 18.5. The highest BCUT2D eigenvalue weighted by molar-refractivity contribution is 9.10. The van der Waals surface area contributed by atoms with E-state index in [0.29, 0.717) is 16.9 Å². The molecule has 0 saturated heterocycles. The van der Waals surface area contributed by atoms with Crippen LogP contribution in [0.2, 0.25) is 0 Å². The van der Waals surface area contributed by atoms with Crippen molar-refractivity contribution in [1.29, 1.82) is 0 Å². The third-order valence-corrected chi connectivity index (χ3v) is 5.52. The fraction of sp³-hybridized carbons (Fsp3) is 0.0417. The molecule has 146 valence electrons. The zero-order valence-electron chi connectivity index (χ0n) is 16.2. The van der Waals surface area contributed by atoms with Crippen molar-refractivity contribution in [1.82, 2.24) is 19.3 Å². The minimum Gasteiger partial charge on any atom is -0.268 e. The maximum atomic E-state index is 13.6. The zero-order valence-corrected chi connectivity index (χ0v) is 17.7. The van der Waals surface area contributed by atoms with Crippen LogP contribution in [0.5, 0.6) is 0 Å². The number of para-hydroxylation sites is 1. The first-order valence-electron chi connectivity index (χ1n) is 9.51. The number of benzene rings is 3. The molecule has 0 bridgehead atoms. The van der Waals surface area contributed by atoms with Gasteiger partial charge in [0, 0.05) is 10.0 Å². The molecular formula is C24H17BrN4O. The van der Waals surface area contributed by atoms with Crippen LogP contribution in [0.4, 0.5) is 0 Å². The van der Waals surface area contributed by atoms with Gasteiger partial charge in [-0.3, -0.25) is 9.36 Å². The lowest BCUT2D eigenvalue weighted by atomic mass is 10.1. The van der Waals surface area contributed by atoms with Gasteiger partial charge in [-0.2, -0.15) is 5.10 Å². The predicted octanol–water partition coefficient (Wildman–Crippen LogP) is 5.31. The third-order valence-electron chi connectivity index (χ3n) is 5.00. The SMILES string of the molecule is Cc1ccc(-c2nc3c(cnn3-c3ccccc3)c(=O)n2-c2ccc(Br)cc2)cc1. The first-order valence-corrected chi connectivity index (χ1v) is 10.3. The number of aromatic nitrogens is 4. The van der Waals surface area contributed by atoms with E-state index in [1.54, 1.807) is 15.4 Å². The lowest BCUT2D eigenvalue weighted by Gasteiger charge is -2.14. The summed E-state index contributed by atoms with van der Waals surface area (Å²) >= 11 is 3.46. The van der Waals surface area contributed by atoms with Gasteiger partial charge in [0.2, 0.25) is 0 Å². The molecule has 3 aromatic carbocycles. The Balaban J connectivity index is 1.85. The van der Waals surface area contributed by atoms with Crippen molar-refractivity contribution in [3.8, 4) is 22.8 Å². The molecule has 0 aliphatic carbocycles. The van der Waals surface area contributed by atoms with Gasteiger partial charge in [0.1, 0.15) is 11.2 Å². The van der Waals surface area contributed by atoms with Crippen molar-refractivity contribution in [3.05, 3.63) is 105 Å². The largest absolute Gasteiger partial charge is 0.269 e. The van der Waals surface area contributed by atoms with E-state index in [1.807, 2.05) is 85.8 Å². The molecule has 2 heterocycles. The second-order valence-electron chi connectivity index (χ2n) is 7.05. The first-order chi connectivity index (χ1) is 14.6. The summed E-state index contributed by atoms with van der Waals surface area (Å²) in [4.78, 5) is 18.5. The Morgan fingerprint density at radius 1 is 0.833 bits per heavy atom. The van der Waals surface area contributed by atoms with Crippen LogP contribution in [0.25, 0.3) is 33.8 Å². The van der Waals surface area contributed by atoms with E-state index in [-0.39, 0.29) is 5.56 Å². The lowest BCUT2D eigenvalue weighted by molar-refractivity contribution is 0.888. The van der Waals surface area contributed by atoms with Gasteiger partial charge < -0.3 is 0 Å². The molecule has 2 aromatic heterocycles. The summed E-state index contributed by atoms with van der Waals surface area (Å²) in [6, 6.07) is 25.4. The van der Waals surface area contributed by atoms with Crippen LogP contribution in [0.3, 0.4) is 0 Å². The Labute approximate surface area is 181 Å². The molecule has 0 radical (unpaired) electrons. The average Bonchev–Trinajstić information content (AvgIpc) is 3.20. The van der Waals surface area contributed by atoms with Gasteiger partial charge in [-0.15, -0.1) is 0 Å². The average molecular weight is 457 g/mol. The van der Waals surface area contributed by atoms with E-state index in [0.717, 1.165) is 27.0 Å². The quantitative estimate of drug-likeness (QED) is 0.369. The molecule has 0 fully saturated rings. The maximum absolute atomic E-state index is 13.6. The van der Waals surface area contributed by atoms with Crippen molar-refractivity contribution in [2.75, 3.05) is 0 Å². The summed E-state index contributed by atoms with van der Waals surface area (Å²) in [7, 11) is 0. The number of rotatable bonds is 3. The van der Waals surface area contributed by atoms with Gasteiger partial charge >= 0.3 is 0 Å². The van der Waals surface area contributed by atoms with Crippen LogP contribution >= 0.6 is 15.9 Å². The van der Waals surface area contributed by atoms with E-state index in [1.165, 1.54) is 0 Å². The van der Waals surface area contributed by atoms with Crippen molar-refractivity contribution < 1.29 is 0 Å². The van der Waals surface area contributed by atoms with Crippen LogP contribution < -0.4 is 5.56 Å². The molecule has 5 rings (SSSR count). The van der Waals surface area contributed by atoms with Crippen molar-refractivity contribution in [2.24, 2.45) is 0 Å². The van der Waals surface area contributed by atoms with Gasteiger partial charge in [0.05, 0.1) is 17.6 Å². The fourth-order valence-corrected chi connectivity index (χ4v) is 3.72. The second kappa shape index (κ2) is 7.39. The molecule has 0 amide bonds. The highest BCUT2D eigenvalue weighted by atomic mass is 79.9. The minimum absolute atomic E-state index is 0.153. The van der Waals surface area contributed by atoms with Crippen LogP contribution in [-0.4, -0.2) is 19.3 Å². The molecule has 0 saturated carbocycles. The monoisotopic (exact) mass is 456 g/mol. The van der Waals surface area contributed by atoms with Crippen molar-refractivity contribution >= 4 is 27.0 Å². The number of aryl methyl sites for hydroxylation is 1. The van der Waals surface area contributed by atoms with Crippen molar-refractivity contribution in [2.45, 2.75) is 6.92 Å². The van der Waals surface area contributed by atoms with Gasteiger partial charge in [0.15, 0.2) is 5.65 Å². The smallest absolute Gasteiger partial charge is 0.268 e. The second-order valence-corrected chi connectivity index (χ2v) is 7.96. The van der Waals surface area contributed by atoms with Crippen LogP contribution in [0, 0.1) is 6.92 Å². The normalized spacial score (nSPS) is 11.1. The Morgan fingerprint density at radius 3 is 2.23 bits per heavy atom. The van der Waals surface area contributed by atoms with Gasteiger partial charge in [-0.25, -0.2) is 9.67 Å². The number of hydrogen-bond donors (Lipinski definition) is 0. The minimum atomic E-state index is -0.153. The third kappa shape index (κ3) is 3.15. The van der Waals surface area contributed by atoms with Crippen LogP contribution in [0.1, 0.15) is 5.56 Å². The fourth-order valence-electron chi connectivity index (χ4n) is 3.45. The van der Waals surface area contributed by atoms with Gasteiger partial charge in [-0.05, 0) is 43.3 Å². The summed E-state index contributed by atoms with van der Waals surface area (Å²) in [6.45, 7) is 2.03. The molecule has 5 nitrogen and oxygen atoms in total. The number of halogens is 1. The van der Waals surface area contributed by atoms with E-state index in [4.69, 9.17) is 4.98 Å². The molecule has 5 aromatic rings. The Kier molecular flexibility index (Phi) is 4.56. The Hall–Kier alpha value is -3.51. The van der Waals surface area contributed by atoms with Crippen LogP contribution in [-0.2, 0) is 0 Å². The molecule has 0 spiro atoms.